The average molecular weight is 556 g/mol. The van der Waals surface area contributed by atoms with Gasteiger partial charge in [-0.1, -0.05) is 25.1 Å². The zero-order chi connectivity index (χ0) is 21.7. The molecule has 2 unspecified atom stereocenters. The van der Waals surface area contributed by atoms with E-state index in [1.807, 2.05) is 0 Å². The molecule has 2 N–H and O–H groups in total. The number of guanidine groups is 1. The number of rotatable bonds is 6. The highest BCUT2D eigenvalue weighted by molar-refractivity contribution is 14.0. The lowest BCUT2D eigenvalue weighted by Crippen LogP contribution is -2.47. The molecule has 1 aliphatic carbocycles. The number of benzene rings is 1. The molecule has 2 heterocycles. The van der Waals surface area contributed by atoms with Crippen LogP contribution in [-0.4, -0.2) is 74.2 Å². The molecule has 0 amide bonds. The summed E-state index contributed by atoms with van der Waals surface area (Å²) in [6, 6.07) is 8.78. The van der Waals surface area contributed by atoms with Gasteiger partial charge in [-0.05, 0) is 51.6 Å². The van der Waals surface area contributed by atoms with Crippen molar-refractivity contribution in [2.45, 2.75) is 57.6 Å². The van der Waals surface area contributed by atoms with Crippen LogP contribution in [0.5, 0.6) is 5.75 Å². The highest BCUT2D eigenvalue weighted by Gasteiger charge is 2.43. The molecular formula is C25H42IN5O. The van der Waals surface area contributed by atoms with E-state index in [1.54, 1.807) is 0 Å². The molecule has 1 saturated heterocycles. The number of fused-ring (bicyclic) bond motifs is 1. The number of nitrogens with one attached hydrogen (secondary N) is 2. The van der Waals surface area contributed by atoms with Crippen molar-refractivity contribution < 1.29 is 4.74 Å². The Morgan fingerprint density at radius 2 is 1.91 bits per heavy atom. The maximum absolute atomic E-state index is 6.53. The lowest BCUT2D eigenvalue weighted by molar-refractivity contribution is 0.0396. The van der Waals surface area contributed by atoms with Crippen LogP contribution in [0.1, 0.15) is 57.6 Å². The zero-order valence-corrected chi connectivity index (χ0v) is 22.4. The maximum Gasteiger partial charge on any atom is 0.191 e. The van der Waals surface area contributed by atoms with Crippen molar-refractivity contribution >= 4 is 29.9 Å². The largest absolute Gasteiger partial charge is 0.487 e. The summed E-state index contributed by atoms with van der Waals surface area (Å²) in [7, 11) is 2.21. The topological polar surface area (TPSA) is 52.1 Å². The number of piperazine rings is 1. The Balaban J connectivity index is 0.00000289. The first-order chi connectivity index (χ1) is 15.1. The molecule has 0 radical (unpaired) electrons. The third kappa shape index (κ3) is 6.50. The smallest absolute Gasteiger partial charge is 0.191 e. The molecule has 2 fully saturated rings. The van der Waals surface area contributed by atoms with Crippen molar-refractivity contribution in [3.05, 3.63) is 29.8 Å². The van der Waals surface area contributed by atoms with Gasteiger partial charge in [0.25, 0.3) is 0 Å². The molecule has 0 bridgehead atoms. The lowest BCUT2D eigenvalue weighted by atomic mass is 9.86. The second-order valence-corrected chi connectivity index (χ2v) is 9.86. The highest BCUT2D eigenvalue weighted by atomic mass is 127. The van der Waals surface area contributed by atoms with E-state index in [0.717, 1.165) is 50.6 Å². The number of ether oxygens (including phenoxy) is 1. The number of aliphatic imine (C=N–C) groups is 1. The predicted molar refractivity (Wildman–Crippen MR) is 143 cm³/mol. The molecule has 6 nitrogen and oxygen atoms in total. The van der Waals surface area contributed by atoms with Crippen LogP contribution >= 0.6 is 24.0 Å². The van der Waals surface area contributed by atoms with E-state index in [9.17, 15) is 0 Å². The molecule has 32 heavy (non-hydrogen) atoms. The summed E-state index contributed by atoms with van der Waals surface area (Å²) < 4.78 is 6.53. The Hall–Kier alpha value is -1.06. The van der Waals surface area contributed by atoms with Gasteiger partial charge in [-0.15, -0.1) is 24.0 Å². The van der Waals surface area contributed by atoms with Crippen molar-refractivity contribution in [2.24, 2.45) is 10.9 Å². The lowest BCUT2D eigenvalue weighted by Gasteiger charge is -2.40. The van der Waals surface area contributed by atoms with Gasteiger partial charge in [0.05, 0.1) is 6.04 Å². The van der Waals surface area contributed by atoms with E-state index in [-0.39, 0.29) is 35.6 Å². The molecule has 4 rings (SSSR count). The zero-order valence-electron chi connectivity index (χ0n) is 20.1. The van der Waals surface area contributed by atoms with Crippen molar-refractivity contribution in [2.75, 3.05) is 52.9 Å². The van der Waals surface area contributed by atoms with E-state index >= 15 is 0 Å². The van der Waals surface area contributed by atoms with Crippen LogP contribution in [-0.2, 0) is 0 Å². The van der Waals surface area contributed by atoms with Crippen molar-refractivity contribution in [3.63, 3.8) is 0 Å². The van der Waals surface area contributed by atoms with E-state index in [0.29, 0.717) is 5.92 Å². The standard InChI is InChI=1S/C25H41N5O.HI/c1-4-26-24(27-18-20(2)19-30-15-13-29(3)14-16-30)28-22-17-25(11-7-8-12-25)31-23-10-6-5-9-21(22)23;/h5-6,9-10,20,22H,4,7-8,11-19H2,1-3H3,(H2,26,27,28);1H. The molecular weight excluding hydrogens is 513 g/mol. The molecule has 3 aliphatic rings. The molecule has 180 valence electrons. The highest BCUT2D eigenvalue weighted by Crippen LogP contribution is 2.46. The number of hydrogen-bond donors (Lipinski definition) is 2. The quantitative estimate of drug-likeness (QED) is 0.317. The maximum atomic E-state index is 6.53. The Morgan fingerprint density at radius 1 is 1.19 bits per heavy atom. The Morgan fingerprint density at radius 3 is 2.62 bits per heavy atom. The molecule has 7 heteroatoms. The van der Waals surface area contributed by atoms with E-state index in [4.69, 9.17) is 9.73 Å². The van der Waals surface area contributed by atoms with Crippen LogP contribution in [0.15, 0.2) is 29.3 Å². The predicted octanol–water partition coefficient (Wildman–Crippen LogP) is 3.88. The number of hydrogen-bond acceptors (Lipinski definition) is 4. The summed E-state index contributed by atoms with van der Waals surface area (Å²) in [6.45, 7) is 12.0. The molecule has 1 aromatic carbocycles. The normalized spacial score (nSPS) is 24.3. The molecule has 1 aromatic rings. The fourth-order valence-corrected chi connectivity index (χ4v) is 5.33. The Labute approximate surface area is 211 Å². The van der Waals surface area contributed by atoms with Crippen LogP contribution in [0, 0.1) is 5.92 Å². The minimum atomic E-state index is -0.00193. The van der Waals surface area contributed by atoms with Gasteiger partial charge in [-0.2, -0.15) is 0 Å². The fourth-order valence-electron chi connectivity index (χ4n) is 5.33. The van der Waals surface area contributed by atoms with Crippen LogP contribution in [0.25, 0.3) is 0 Å². The third-order valence-electron chi connectivity index (χ3n) is 7.09. The van der Waals surface area contributed by atoms with Gasteiger partial charge in [0.15, 0.2) is 5.96 Å². The molecule has 1 saturated carbocycles. The van der Waals surface area contributed by atoms with Crippen molar-refractivity contribution in [3.8, 4) is 5.75 Å². The summed E-state index contributed by atoms with van der Waals surface area (Å²) in [6.07, 6.45) is 5.88. The summed E-state index contributed by atoms with van der Waals surface area (Å²) >= 11 is 0. The minimum absolute atomic E-state index is 0. The molecule has 2 aliphatic heterocycles. The van der Waals surface area contributed by atoms with Crippen LogP contribution in [0.3, 0.4) is 0 Å². The van der Waals surface area contributed by atoms with E-state index < -0.39 is 0 Å². The number of para-hydroxylation sites is 1. The van der Waals surface area contributed by atoms with Crippen molar-refractivity contribution in [1.29, 1.82) is 0 Å². The van der Waals surface area contributed by atoms with Gasteiger partial charge in [0.1, 0.15) is 11.4 Å². The van der Waals surface area contributed by atoms with Gasteiger partial charge < -0.3 is 25.2 Å². The minimum Gasteiger partial charge on any atom is -0.487 e. The number of nitrogens with zero attached hydrogens (tertiary/aromatic N) is 3. The summed E-state index contributed by atoms with van der Waals surface area (Å²) in [5, 5.41) is 7.25. The molecule has 1 spiro atoms. The number of likely N-dealkylation sites (N-methyl/N-ethyl adjacent to an activating group) is 1. The summed E-state index contributed by atoms with van der Waals surface area (Å²) in [5.74, 6) is 2.53. The van der Waals surface area contributed by atoms with Crippen LogP contribution in [0.2, 0.25) is 0 Å². The monoisotopic (exact) mass is 555 g/mol. The van der Waals surface area contributed by atoms with Gasteiger partial charge in [0.2, 0.25) is 0 Å². The third-order valence-corrected chi connectivity index (χ3v) is 7.09. The first-order valence-corrected chi connectivity index (χ1v) is 12.3. The Bertz CT molecular complexity index is 744. The van der Waals surface area contributed by atoms with Gasteiger partial charge in [-0.3, -0.25) is 4.99 Å². The van der Waals surface area contributed by atoms with Gasteiger partial charge in [-0.25, -0.2) is 0 Å². The van der Waals surface area contributed by atoms with E-state index in [1.165, 1.54) is 44.6 Å². The van der Waals surface area contributed by atoms with E-state index in [2.05, 4.69) is 65.6 Å². The molecule has 0 aromatic heterocycles. The number of halogens is 1. The SMILES string of the molecule is CCNC(=NCC(C)CN1CCN(C)CC1)NC1CC2(CCCC2)Oc2ccccc21.I. The summed E-state index contributed by atoms with van der Waals surface area (Å²) in [5.41, 5.74) is 1.26. The average Bonchev–Trinajstić information content (AvgIpc) is 3.21. The second kappa shape index (κ2) is 11.9. The first kappa shape index (κ1) is 25.6. The second-order valence-electron chi connectivity index (χ2n) is 9.86. The summed E-state index contributed by atoms with van der Waals surface area (Å²) in [4.78, 5) is 9.99. The van der Waals surface area contributed by atoms with Crippen molar-refractivity contribution in [1.82, 2.24) is 20.4 Å². The first-order valence-electron chi connectivity index (χ1n) is 12.3. The van der Waals surface area contributed by atoms with Gasteiger partial charge >= 0.3 is 0 Å². The Kier molecular flexibility index (Phi) is 9.49. The fraction of sp³-hybridized carbons (Fsp3) is 0.720. The van der Waals surface area contributed by atoms with Crippen LogP contribution in [0.4, 0.5) is 0 Å². The van der Waals surface area contributed by atoms with Crippen LogP contribution < -0.4 is 15.4 Å². The molecule has 2 atom stereocenters. The van der Waals surface area contributed by atoms with Gasteiger partial charge in [0, 0.05) is 57.8 Å².